The molecule has 0 bridgehead atoms. The second kappa shape index (κ2) is 21.0. The Labute approximate surface area is 464 Å². The SMILES string of the molecule is c1ccc(-c2ccc(-c3nc(-c4ccc(-c5ccc(-c6cc(-c7ccc(-c8cnc9ccccc9c8)cc7)nc(-c7ccc(-c8ccccc8)cc7)n6)cc5)cc4)cc(-c4ccc(-c5cnc6ccccc6c5)cc4)n3)cc2)cc1. The predicted octanol–water partition coefficient (Wildman–Crippen LogP) is 18.7. The fourth-order valence-electron chi connectivity index (χ4n) is 10.4. The molecule has 0 aliphatic carbocycles. The number of pyridine rings is 2. The quantitative estimate of drug-likeness (QED) is 0.128. The summed E-state index contributed by atoms with van der Waals surface area (Å²) < 4.78 is 0. The summed E-state index contributed by atoms with van der Waals surface area (Å²) in [6, 6.07) is 97.3. The summed E-state index contributed by atoms with van der Waals surface area (Å²) in [6.45, 7) is 0. The largest absolute Gasteiger partial charge is 0.256 e. The summed E-state index contributed by atoms with van der Waals surface area (Å²) in [7, 11) is 0. The van der Waals surface area contributed by atoms with Gasteiger partial charge in [-0.15, -0.1) is 0 Å². The lowest BCUT2D eigenvalue weighted by Crippen LogP contribution is -1.96. The summed E-state index contributed by atoms with van der Waals surface area (Å²) in [4.78, 5) is 30.2. The fraction of sp³-hybridized carbons (Fsp3) is 0. The van der Waals surface area contributed by atoms with Gasteiger partial charge in [0.2, 0.25) is 0 Å². The van der Waals surface area contributed by atoms with E-state index in [9.17, 15) is 0 Å². The van der Waals surface area contributed by atoms with Crippen molar-refractivity contribution in [3.63, 3.8) is 0 Å². The second-order valence-electron chi connectivity index (χ2n) is 20.0. The molecule has 0 amide bonds. The van der Waals surface area contributed by atoms with E-state index in [1.165, 1.54) is 0 Å². The Kier molecular flexibility index (Phi) is 12.5. The van der Waals surface area contributed by atoms with E-state index in [1.54, 1.807) is 0 Å². The highest BCUT2D eigenvalue weighted by Crippen LogP contribution is 2.35. The van der Waals surface area contributed by atoms with E-state index in [-0.39, 0.29) is 0 Å². The topological polar surface area (TPSA) is 77.3 Å². The van der Waals surface area contributed by atoms with Gasteiger partial charge in [-0.2, -0.15) is 0 Å². The van der Waals surface area contributed by atoms with Gasteiger partial charge in [-0.25, -0.2) is 19.9 Å². The summed E-state index contributed by atoms with van der Waals surface area (Å²) >= 11 is 0. The molecule has 0 spiro atoms. The van der Waals surface area contributed by atoms with Crippen LogP contribution in [0.25, 0.3) is 145 Å². The highest BCUT2D eigenvalue weighted by molar-refractivity contribution is 5.86. The van der Waals surface area contributed by atoms with Crippen molar-refractivity contribution in [2.24, 2.45) is 0 Å². The van der Waals surface area contributed by atoms with Crippen LogP contribution in [0.15, 0.2) is 291 Å². The number of para-hydroxylation sites is 2. The molecule has 0 saturated heterocycles. The first-order valence-electron chi connectivity index (χ1n) is 26.8. The minimum Gasteiger partial charge on any atom is -0.256 e. The van der Waals surface area contributed by atoms with Gasteiger partial charge in [0.05, 0.1) is 33.8 Å². The number of benzene rings is 10. The van der Waals surface area contributed by atoms with Crippen molar-refractivity contribution in [2.75, 3.05) is 0 Å². The summed E-state index contributed by atoms with van der Waals surface area (Å²) in [6.07, 6.45) is 3.89. The van der Waals surface area contributed by atoms with E-state index >= 15 is 0 Å². The molecular formula is C74H48N6. The minimum atomic E-state index is 0.662. The van der Waals surface area contributed by atoms with Gasteiger partial charge in [0.1, 0.15) is 0 Å². The van der Waals surface area contributed by atoms with Crippen molar-refractivity contribution >= 4 is 21.8 Å². The van der Waals surface area contributed by atoms with Crippen LogP contribution in [0.4, 0.5) is 0 Å². The summed E-state index contributed by atoms with van der Waals surface area (Å²) in [5.74, 6) is 1.32. The lowest BCUT2D eigenvalue weighted by Gasteiger charge is -2.12. The van der Waals surface area contributed by atoms with Crippen molar-refractivity contribution < 1.29 is 0 Å². The van der Waals surface area contributed by atoms with Gasteiger partial charge in [0.15, 0.2) is 11.6 Å². The van der Waals surface area contributed by atoms with Gasteiger partial charge in [0, 0.05) is 67.7 Å². The maximum Gasteiger partial charge on any atom is 0.160 e. The van der Waals surface area contributed by atoms with E-state index in [0.717, 1.165) is 134 Å². The summed E-state index contributed by atoms with van der Waals surface area (Å²) in [5, 5.41) is 2.23. The molecule has 6 nitrogen and oxygen atoms in total. The van der Waals surface area contributed by atoms with Crippen LogP contribution >= 0.6 is 0 Å². The minimum absolute atomic E-state index is 0.662. The molecule has 0 unspecified atom stereocenters. The standard InChI is InChI=1S/C74H48N6/c1-3-11-49(12-4-1)51-27-39-61(40-28-51)73-77-69(45-71(79-73)59-35-23-55(24-36-59)65-43-63-15-7-9-17-67(63)75-47-65)57-31-19-53(20-32-57)54-21-33-58(34-22-54)70-46-72(80-74(78-70)62-41-29-52(30-42-62)50-13-5-2-6-14-50)60-37-25-56(26-38-60)66-44-64-16-8-10-18-68(64)76-48-66/h1-48H. The first kappa shape index (κ1) is 47.6. The molecule has 4 heterocycles. The monoisotopic (exact) mass is 1020 g/mol. The fourth-order valence-corrected chi connectivity index (χ4v) is 10.4. The maximum absolute atomic E-state index is 5.21. The van der Waals surface area contributed by atoms with Gasteiger partial charge in [0.25, 0.3) is 0 Å². The van der Waals surface area contributed by atoms with Crippen LogP contribution in [0.2, 0.25) is 0 Å². The van der Waals surface area contributed by atoms with Crippen LogP contribution in [-0.4, -0.2) is 29.9 Å². The maximum atomic E-state index is 5.21. The van der Waals surface area contributed by atoms with Crippen LogP contribution in [0.1, 0.15) is 0 Å². The van der Waals surface area contributed by atoms with Crippen molar-refractivity contribution in [3.05, 3.63) is 291 Å². The third kappa shape index (κ3) is 9.81. The predicted molar refractivity (Wildman–Crippen MR) is 328 cm³/mol. The summed E-state index contributed by atoms with van der Waals surface area (Å²) in [5.41, 5.74) is 22.3. The molecule has 80 heavy (non-hydrogen) atoms. The molecule has 0 saturated carbocycles. The van der Waals surface area contributed by atoms with Crippen LogP contribution in [0.5, 0.6) is 0 Å². The number of hydrogen-bond acceptors (Lipinski definition) is 6. The highest BCUT2D eigenvalue weighted by atomic mass is 14.9. The van der Waals surface area contributed by atoms with Gasteiger partial charge in [-0.05, 0) is 80.9 Å². The first-order valence-corrected chi connectivity index (χ1v) is 26.8. The van der Waals surface area contributed by atoms with Crippen LogP contribution in [0, 0.1) is 0 Å². The normalized spacial score (nSPS) is 11.2. The molecule has 14 aromatic rings. The number of nitrogens with zero attached hydrogens (tertiary/aromatic N) is 6. The molecule has 4 aromatic heterocycles. The number of aromatic nitrogens is 6. The molecule has 10 aromatic carbocycles. The molecule has 6 heteroatoms. The van der Waals surface area contributed by atoms with E-state index in [4.69, 9.17) is 29.9 Å². The smallest absolute Gasteiger partial charge is 0.160 e. The zero-order valence-electron chi connectivity index (χ0n) is 43.4. The second-order valence-corrected chi connectivity index (χ2v) is 20.0. The average Bonchev–Trinajstić information content (AvgIpc) is 3.61. The molecule has 0 N–H and O–H groups in total. The van der Waals surface area contributed by atoms with Gasteiger partial charge >= 0.3 is 0 Å². The lowest BCUT2D eigenvalue weighted by molar-refractivity contribution is 1.18. The van der Waals surface area contributed by atoms with Crippen LogP contribution < -0.4 is 0 Å². The number of rotatable bonds is 11. The van der Waals surface area contributed by atoms with Crippen molar-refractivity contribution in [2.45, 2.75) is 0 Å². The first-order chi connectivity index (χ1) is 39.6. The lowest BCUT2D eigenvalue weighted by atomic mass is 9.98. The number of hydrogen-bond donors (Lipinski definition) is 0. The average molecular weight is 1020 g/mol. The van der Waals surface area contributed by atoms with E-state index in [0.29, 0.717) is 11.6 Å². The molecule has 0 fully saturated rings. The molecular weight excluding hydrogens is 973 g/mol. The Bertz CT molecular complexity index is 4210. The Balaban J connectivity index is 0.772. The Morgan fingerprint density at radius 3 is 0.725 bits per heavy atom. The Morgan fingerprint density at radius 2 is 0.412 bits per heavy atom. The van der Waals surface area contributed by atoms with Crippen molar-refractivity contribution in [1.82, 2.24) is 29.9 Å². The molecule has 0 radical (unpaired) electrons. The van der Waals surface area contributed by atoms with E-state index < -0.39 is 0 Å². The van der Waals surface area contributed by atoms with Gasteiger partial charge in [-0.1, -0.05) is 243 Å². The zero-order chi connectivity index (χ0) is 53.2. The van der Waals surface area contributed by atoms with Crippen molar-refractivity contribution in [1.29, 1.82) is 0 Å². The van der Waals surface area contributed by atoms with Crippen LogP contribution in [0.3, 0.4) is 0 Å². The zero-order valence-corrected chi connectivity index (χ0v) is 43.4. The van der Waals surface area contributed by atoms with E-state index in [2.05, 4.69) is 231 Å². The van der Waals surface area contributed by atoms with E-state index in [1.807, 2.05) is 60.9 Å². The highest BCUT2D eigenvalue weighted by Gasteiger charge is 2.15. The molecule has 0 aliphatic rings. The van der Waals surface area contributed by atoms with Gasteiger partial charge in [-0.3, -0.25) is 9.97 Å². The Morgan fingerprint density at radius 1 is 0.175 bits per heavy atom. The Hall–Kier alpha value is -10.8. The molecule has 0 aliphatic heterocycles. The van der Waals surface area contributed by atoms with Crippen molar-refractivity contribution in [3.8, 4) is 123 Å². The van der Waals surface area contributed by atoms with Crippen LogP contribution in [-0.2, 0) is 0 Å². The third-order valence-electron chi connectivity index (χ3n) is 14.9. The molecule has 374 valence electrons. The molecule has 0 atom stereocenters. The number of fused-ring (bicyclic) bond motifs is 2. The van der Waals surface area contributed by atoms with Gasteiger partial charge < -0.3 is 0 Å². The molecule has 14 rings (SSSR count). The third-order valence-corrected chi connectivity index (χ3v) is 14.9.